The minimum absolute atomic E-state index is 0.170. The lowest BCUT2D eigenvalue weighted by molar-refractivity contribution is -0.161. The zero-order chi connectivity index (χ0) is 42.1. The van der Waals surface area contributed by atoms with Crippen molar-refractivity contribution in [2.45, 2.75) is 251 Å². The van der Waals surface area contributed by atoms with E-state index in [4.69, 9.17) is 24.8 Å². The van der Waals surface area contributed by atoms with Gasteiger partial charge in [-0.1, -0.05) is 213 Å². The number of esters is 2. The molecule has 0 bridgehead atoms. The summed E-state index contributed by atoms with van der Waals surface area (Å²) in [6.07, 6.45) is 40.4. The van der Waals surface area contributed by atoms with Crippen LogP contribution >= 0.6 is 7.82 Å². The summed E-state index contributed by atoms with van der Waals surface area (Å²) in [5.74, 6) is -2.36. The van der Waals surface area contributed by atoms with Gasteiger partial charge < -0.3 is 25.2 Å². The van der Waals surface area contributed by atoms with Gasteiger partial charge in [-0.05, 0) is 12.8 Å². The Morgan fingerprint density at radius 1 is 0.474 bits per heavy atom. The highest BCUT2D eigenvalue weighted by Gasteiger charge is 2.28. The highest BCUT2D eigenvalue weighted by Crippen LogP contribution is 2.43. The number of carbonyl (C=O) groups is 3. The molecule has 11 nitrogen and oxygen atoms in total. The number of aliphatic carboxylic acids is 1. The summed E-state index contributed by atoms with van der Waals surface area (Å²) in [4.78, 5) is 45.9. The van der Waals surface area contributed by atoms with E-state index in [1.165, 1.54) is 161 Å². The van der Waals surface area contributed by atoms with Gasteiger partial charge in [0.25, 0.3) is 0 Å². The fourth-order valence-corrected chi connectivity index (χ4v) is 7.67. The van der Waals surface area contributed by atoms with E-state index in [1.807, 2.05) is 0 Å². The molecule has 0 aromatic rings. The number of phosphoric ester groups is 1. The van der Waals surface area contributed by atoms with E-state index < -0.39 is 51.1 Å². The Bertz CT molecular complexity index is 984. The van der Waals surface area contributed by atoms with Crippen LogP contribution in [-0.4, -0.2) is 59.9 Å². The van der Waals surface area contributed by atoms with Crippen molar-refractivity contribution in [3.8, 4) is 0 Å². The summed E-state index contributed by atoms with van der Waals surface area (Å²) in [6, 6.07) is -1.52. The molecule has 0 aromatic heterocycles. The molecule has 0 rings (SSSR count). The highest BCUT2D eigenvalue weighted by atomic mass is 31.2. The normalized spacial score (nSPS) is 13.6. The number of hydrogen-bond acceptors (Lipinski definition) is 9. The smallest absolute Gasteiger partial charge is 0.472 e. The number of unbranched alkanes of at least 4 members (excludes halogenated alkanes) is 31. The SMILES string of the molecule is CCCCCCCCCCCCCCCCCCCCCCCCCC(=O)O[C@@H](COC(=O)CCCCCCCCCCCC)COP(=O)(O)OC[C@H](N)C(=O)O. The maximum Gasteiger partial charge on any atom is 0.472 e. The second-order valence-corrected chi connectivity index (χ2v) is 17.7. The number of carboxylic acids is 1. The van der Waals surface area contributed by atoms with Crippen molar-refractivity contribution >= 4 is 25.7 Å². The average Bonchev–Trinajstić information content (AvgIpc) is 3.19. The fraction of sp³-hybridized carbons (Fsp3) is 0.933. The predicted octanol–water partition coefficient (Wildman–Crippen LogP) is 12.7. The molecule has 12 heteroatoms. The van der Waals surface area contributed by atoms with Gasteiger partial charge >= 0.3 is 25.7 Å². The summed E-state index contributed by atoms with van der Waals surface area (Å²) in [5.41, 5.74) is 5.33. The Morgan fingerprint density at radius 2 is 0.772 bits per heavy atom. The number of ether oxygens (including phenoxy) is 2. The van der Waals surface area contributed by atoms with Gasteiger partial charge in [-0.15, -0.1) is 0 Å². The largest absolute Gasteiger partial charge is 0.480 e. The minimum Gasteiger partial charge on any atom is -0.480 e. The van der Waals surface area contributed by atoms with Gasteiger partial charge in [0.1, 0.15) is 12.6 Å². The van der Waals surface area contributed by atoms with E-state index >= 15 is 0 Å². The molecule has 0 saturated carbocycles. The number of phosphoric acid groups is 1. The molecule has 0 spiro atoms. The first-order valence-corrected chi connectivity index (χ1v) is 25.1. The molecule has 0 aliphatic carbocycles. The highest BCUT2D eigenvalue weighted by molar-refractivity contribution is 7.47. The van der Waals surface area contributed by atoms with Gasteiger partial charge in [-0.2, -0.15) is 0 Å². The predicted molar refractivity (Wildman–Crippen MR) is 231 cm³/mol. The first kappa shape index (κ1) is 55.5. The zero-order valence-corrected chi connectivity index (χ0v) is 37.6. The molecule has 3 atom stereocenters. The number of hydrogen-bond donors (Lipinski definition) is 3. The second kappa shape index (κ2) is 41.2. The van der Waals surface area contributed by atoms with Crippen LogP contribution in [0.25, 0.3) is 0 Å². The topological polar surface area (TPSA) is 172 Å². The monoisotopic (exact) mass is 834 g/mol. The van der Waals surface area contributed by atoms with E-state index in [-0.39, 0.29) is 19.4 Å². The lowest BCUT2D eigenvalue weighted by Crippen LogP contribution is -2.34. The van der Waals surface area contributed by atoms with Gasteiger partial charge in [-0.25, -0.2) is 4.57 Å². The van der Waals surface area contributed by atoms with Crippen LogP contribution in [0.1, 0.15) is 239 Å². The summed E-state index contributed by atoms with van der Waals surface area (Å²) >= 11 is 0. The van der Waals surface area contributed by atoms with E-state index in [0.29, 0.717) is 12.8 Å². The fourth-order valence-electron chi connectivity index (χ4n) is 6.89. The molecule has 0 heterocycles. The van der Waals surface area contributed by atoms with Crippen molar-refractivity contribution in [2.24, 2.45) is 5.73 Å². The lowest BCUT2D eigenvalue weighted by Gasteiger charge is -2.20. The molecule has 0 saturated heterocycles. The van der Waals surface area contributed by atoms with E-state index in [2.05, 4.69) is 18.4 Å². The van der Waals surface area contributed by atoms with Crippen LogP contribution in [-0.2, 0) is 37.5 Å². The number of carbonyl (C=O) groups excluding carboxylic acids is 2. The molecule has 0 aromatic carbocycles. The van der Waals surface area contributed by atoms with E-state index in [0.717, 1.165) is 38.5 Å². The molecule has 57 heavy (non-hydrogen) atoms. The van der Waals surface area contributed by atoms with Crippen LogP contribution in [0.3, 0.4) is 0 Å². The van der Waals surface area contributed by atoms with E-state index in [9.17, 15) is 23.8 Å². The molecule has 0 fully saturated rings. The first-order valence-electron chi connectivity index (χ1n) is 23.6. The Labute approximate surface area is 348 Å². The Kier molecular flexibility index (Phi) is 40.1. The number of rotatable bonds is 45. The Balaban J connectivity index is 4.14. The van der Waals surface area contributed by atoms with Crippen molar-refractivity contribution in [3.05, 3.63) is 0 Å². The van der Waals surface area contributed by atoms with Crippen LogP contribution in [0.15, 0.2) is 0 Å². The third kappa shape index (κ3) is 41.0. The standard InChI is InChI=1S/C45H88NO10P/c1-3-5-7-9-11-13-15-16-17-18-19-20-21-22-23-24-25-26-27-29-31-33-35-37-44(48)56-41(39-54-57(51,52)55-40-42(46)45(49)50)38-53-43(47)36-34-32-30-28-14-12-10-8-6-4-2/h41-42H,3-40,46H2,1-2H3,(H,49,50)(H,51,52)/t41-,42-/m0/s1. The lowest BCUT2D eigenvalue weighted by atomic mass is 10.0. The van der Waals surface area contributed by atoms with Crippen LogP contribution in [0.4, 0.5) is 0 Å². The molecular weight excluding hydrogens is 745 g/mol. The maximum absolute atomic E-state index is 12.6. The van der Waals surface area contributed by atoms with Crippen LogP contribution in [0.5, 0.6) is 0 Å². The number of nitrogens with two attached hydrogens (primary N) is 1. The average molecular weight is 834 g/mol. The van der Waals surface area contributed by atoms with Crippen LogP contribution in [0, 0.1) is 0 Å². The minimum atomic E-state index is -4.71. The molecule has 0 aliphatic heterocycles. The van der Waals surface area contributed by atoms with Crippen molar-refractivity contribution in [1.29, 1.82) is 0 Å². The van der Waals surface area contributed by atoms with Gasteiger partial charge in [0.05, 0.1) is 13.2 Å². The summed E-state index contributed by atoms with van der Waals surface area (Å²) in [6.45, 7) is 2.83. The van der Waals surface area contributed by atoms with E-state index in [1.54, 1.807) is 0 Å². The molecular formula is C45H88NO10P. The van der Waals surface area contributed by atoms with Crippen molar-refractivity contribution in [1.82, 2.24) is 0 Å². The first-order chi connectivity index (χ1) is 27.6. The third-order valence-corrected chi connectivity index (χ3v) is 11.6. The maximum atomic E-state index is 12.6. The zero-order valence-electron chi connectivity index (χ0n) is 36.7. The second-order valence-electron chi connectivity index (χ2n) is 16.3. The summed E-state index contributed by atoms with van der Waals surface area (Å²) in [5, 5.41) is 8.89. The Morgan fingerprint density at radius 3 is 1.11 bits per heavy atom. The van der Waals surface area contributed by atoms with Crippen molar-refractivity contribution < 1.29 is 47.5 Å². The van der Waals surface area contributed by atoms with Gasteiger partial charge in [0, 0.05) is 12.8 Å². The van der Waals surface area contributed by atoms with Gasteiger partial charge in [0.2, 0.25) is 0 Å². The summed E-state index contributed by atoms with van der Waals surface area (Å²) < 4.78 is 32.7. The van der Waals surface area contributed by atoms with Crippen molar-refractivity contribution in [2.75, 3.05) is 19.8 Å². The van der Waals surface area contributed by atoms with Gasteiger partial charge in [0.15, 0.2) is 6.10 Å². The van der Waals surface area contributed by atoms with Gasteiger partial charge in [-0.3, -0.25) is 23.4 Å². The third-order valence-electron chi connectivity index (χ3n) is 10.6. The quantitative estimate of drug-likeness (QED) is 0.0303. The van der Waals surface area contributed by atoms with Crippen LogP contribution < -0.4 is 5.73 Å². The molecule has 1 unspecified atom stereocenters. The van der Waals surface area contributed by atoms with Crippen molar-refractivity contribution in [3.63, 3.8) is 0 Å². The van der Waals surface area contributed by atoms with Crippen LogP contribution in [0.2, 0.25) is 0 Å². The summed E-state index contributed by atoms with van der Waals surface area (Å²) in [7, 11) is -4.71. The molecule has 0 aliphatic rings. The molecule has 0 radical (unpaired) electrons. The number of carboxylic acid groups (broad SMARTS) is 1. The Hall–Kier alpha value is -1.52. The molecule has 0 amide bonds. The molecule has 4 N–H and O–H groups in total. The molecule has 338 valence electrons.